The van der Waals surface area contributed by atoms with Gasteiger partial charge in [-0.1, -0.05) is 26.3 Å². The van der Waals surface area contributed by atoms with Crippen molar-refractivity contribution in [2.45, 2.75) is 59.9 Å². The van der Waals surface area contributed by atoms with Gasteiger partial charge in [-0.05, 0) is 24.8 Å². The summed E-state index contributed by atoms with van der Waals surface area (Å²) in [7, 11) is -3.97. The van der Waals surface area contributed by atoms with Crippen molar-refractivity contribution in [2.24, 2.45) is 28.6 Å². The second-order valence-corrected chi connectivity index (χ2v) is 10.9. The SMILES string of the molecule is CC(=O)O[C@@H]1[C@@H](OC(C)=O)C(C)(C)C2C3C(=O)C=C(C)C2C3(C)[C@@H]1OS(C)(=O)=O. The predicted octanol–water partition coefficient (Wildman–Crippen LogP) is 1.63. The van der Waals surface area contributed by atoms with Crippen LogP contribution in [-0.2, 0) is 38.2 Å². The number of ether oxygens (including phenoxy) is 2. The van der Waals surface area contributed by atoms with Crippen LogP contribution in [0.3, 0.4) is 0 Å². The molecule has 4 aliphatic rings. The predicted molar refractivity (Wildman–Crippen MR) is 102 cm³/mol. The van der Waals surface area contributed by atoms with Crippen LogP contribution < -0.4 is 0 Å². The molecule has 0 radical (unpaired) electrons. The number of esters is 2. The van der Waals surface area contributed by atoms with E-state index >= 15 is 0 Å². The van der Waals surface area contributed by atoms with E-state index in [9.17, 15) is 22.8 Å². The number of carbonyl (C=O) groups excluding carboxylic acids is 3. The van der Waals surface area contributed by atoms with Gasteiger partial charge in [-0.25, -0.2) is 0 Å². The molecule has 0 aromatic rings. The summed E-state index contributed by atoms with van der Waals surface area (Å²) in [5.74, 6) is -2.27. The lowest BCUT2D eigenvalue weighted by atomic mass is 9.37. The molecule has 0 spiro atoms. The summed E-state index contributed by atoms with van der Waals surface area (Å²) < 4.78 is 40.9. The highest BCUT2D eigenvalue weighted by Crippen LogP contribution is 2.72. The van der Waals surface area contributed by atoms with Crippen molar-refractivity contribution in [1.82, 2.24) is 0 Å². The van der Waals surface area contributed by atoms with Crippen LogP contribution in [0.4, 0.5) is 0 Å². The first-order valence-electron chi connectivity index (χ1n) is 9.57. The third kappa shape index (κ3) is 3.22. The van der Waals surface area contributed by atoms with Crippen molar-refractivity contribution in [3.05, 3.63) is 11.6 Å². The molecule has 3 fully saturated rings. The molecule has 4 unspecified atom stereocenters. The van der Waals surface area contributed by atoms with E-state index in [1.54, 1.807) is 13.0 Å². The van der Waals surface area contributed by atoms with Crippen molar-refractivity contribution in [2.75, 3.05) is 6.26 Å². The Morgan fingerprint density at radius 3 is 2.00 bits per heavy atom. The molecule has 4 aliphatic carbocycles. The molecule has 29 heavy (non-hydrogen) atoms. The summed E-state index contributed by atoms with van der Waals surface area (Å²) in [6.07, 6.45) is -0.828. The second-order valence-electron chi connectivity index (χ2n) is 9.28. The first kappa shape index (κ1) is 22.0. The number of hydrogen-bond donors (Lipinski definition) is 0. The summed E-state index contributed by atoms with van der Waals surface area (Å²) in [4.78, 5) is 36.8. The summed E-state index contributed by atoms with van der Waals surface area (Å²) in [6.45, 7) is 9.78. The summed E-state index contributed by atoms with van der Waals surface area (Å²) >= 11 is 0. The van der Waals surface area contributed by atoms with E-state index in [4.69, 9.17) is 13.7 Å². The zero-order valence-corrected chi connectivity index (χ0v) is 18.5. The molecular weight excluding hydrogens is 400 g/mol. The maximum absolute atomic E-state index is 13.0. The fourth-order valence-electron chi connectivity index (χ4n) is 6.10. The van der Waals surface area contributed by atoms with Crippen LogP contribution in [0.5, 0.6) is 0 Å². The minimum Gasteiger partial charge on any atom is -0.458 e. The molecule has 0 aromatic heterocycles. The average Bonchev–Trinajstić information content (AvgIpc) is 2.58. The lowest BCUT2D eigenvalue weighted by Crippen LogP contribution is -2.68. The van der Waals surface area contributed by atoms with Gasteiger partial charge in [0, 0.05) is 30.6 Å². The van der Waals surface area contributed by atoms with Gasteiger partial charge in [0.05, 0.1) is 6.26 Å². The maximum Gasteiger partial charge on any atom is 0.303 e. The minimum absolute atomic E-state index is 0.113. The highest BCUT2D eigenvalue weighted by molar-refractivity contribution is 7.86. The van der Waals surface area contributed by atoms with Crippen LogP contribution in [0.1, 0.15) is 41.5 Å². The lowest BCUT2D eigenvalue weighted by Gasteiger charge is -2.65. The molecule has 4 rings (SSSR count). The first-order chi connectivity index (χ1) is 13.1. The van der Waals surface area contributed by atoms with Crippen LogP contribution >= 0.6 is 0 Å². The van der Waals surface area contributed by atoms with Gasteiger partial charge < -0.3 is 9.47 Å². The van der Waals surface area contributed by atoms with Gasteiger partial charge in [-0.3, -0.25) is 18.6 Å². The largest absolute Gasteiger partial charge is 0.458 e. The molecule has 162 valence electrons. The van der Waals surface area contributed by atoms with Crippen molar-refractivity contribution in [3.8, 4) is 0 Å². The van der Waals surface area contributed by atoms with Crippen LogP contribution in [0, 0.1) is 28.6 Å². The Hall–Kier alpha value is -1.74. The normalized spacial score (nSPS) is 40.2. The van der Waals surface area contributed by atoms with E-state index in [0.717, 1.165) is 11.8 Å². The summed E-state index contributed by atoms with van der Waals surface area (Å²) in [5.41, 5.74) is -0.873. The highest BCUT2D eigenvalue weighted by atomic mass is 32.2. The smallest absolute Gasteiger partial charge is 0.303 e. The Labute approximate surface area is 171 Å². The van der Waals surface area contributed by atoms with E-state index in [1.165, 1.54) is 13.8 Å². The summed E-state index contributed by atoms with van der Waals surface area (Å²) in [6, 6.07) is 0. The van der Waals surface area contributed by atoms with E-state index < -0.39 is 57.1 Å². The third-order valence-corrected chi connectivity index (χ3v) is 7.46. The number of carbonyl (C=O) groups is 3. The molecule has 0 heterocycles. The van der Waals surface area contributed by atoms with Crippen molar-refractivity contribution in [3.63, 3.8) is 0 Å². The fraction of sp³-hybridized carbons (Fsp3) is 0.750. The van der Waals surface area contributed by atoms with E-state index in [0.29, 0.717) is 0 Å². The lowest BCUT2D eigenvalue weighted by molar-refractivity contribution is -0.193. The van der Waals surface area contributed by atoms with Gasteiger partial charge in [-0.15, -0.1) is 0 Å². The molecule has 9 heteroatoms. The topological polar surface area (TPSA) is 113 Å². The van der Waals surface area contributed by atoms with Crippen LogP contribution in [-0.4, -0.2) is 50.7 Å². The molecular formula is C20H28O8S. The second kappa shape index (κ2) is 6.63. The van der Waals surface area contributed by atoms with Gasteiger partial charge in [0.2, 0.25) is 0 Å². The third-order valence-electron chi connectivity index (χ3n) is 6.90. The maximum atomic E-state index is 13.0. The monoisotopic (exact) mass is 428 g/mol. The van der Waals surface area contributed by atoms with Crippen LogP contribution in [0.15, 0.2) is 11.6 Å². The van der Waals surface area contributed by atoms with Crippen LogP contribution in [0.2, 0.25) is 0 Å². The fourth-order valence-corrected chi connectivity index (χ4v) is 6.79. The number of allylic oxidation sites excluding steroid dienone is 2. The minimum atomic E-state index is -3.97. The highest BCUT2D eigenvalue weighted by Gasteiger charge is 2.77. The van der Waals surface area contributed by atoms with Crippen LogP contribution in [0.25, 0.3) is 0 Å². The number of ketones is 1. The quantitative estimate of drug-likeness (QED) is 0.490. The molecule has 0 N–H and O–H groups in total. The van der Waals surface area contributed by atoms with Crippen molar-refractivity contribution in [1.29, 1.82) is 0 Å². The Balaban J connectivity index is 2.27. The molecule has 0 aliphatic heterocycles. The number of hydrogen-bond acceptors (Lipinski definition) is 8. The van der Waals surface area contributed by atoms with Gasteiger partial charge >= 0.3 is 11.9 Å². The molecule has 7 atom stereocenters. The molecule has 0 amide bonds. The summed E-state index contributed by atoms with van der Waals surface area (Å²) in [5, 5.41) is 0. The Morgan fingerprint density at radius 2 is 1.55 bits per heavy atom. The van der Waals surface area contributed by atoms with E-state index in [2.05, 4.69) is 0 Å². The zero-order valence-electron chi connectivity index (χ0n) is 17.7. The molecule has 8 nitrogen and oxygen atoms in total. The van der Waals surface area contributed by atoms with Gasteiger partial charge in [0.1, 0.15) is 12.2 Å². The number of rotatable bonds is 4. The van der Waals surface area contributed by atoms with E-state index in [-0.39, 0.29) is 17.6 Å². The molecule has 0 saturated heterocycles. The zero-order chi connectivity index (χ0) is 22.1. The Morgan fingerprint density at radius 1 is 1.00 bits per heavy atom. The standard InChI is InChI=1S/C20H28O8S/c1-9-8-12(23)14-15-13(9)20(14,6)18(28-29(7,24)25)16(26-10(2)21)17(19(15,4)5)27-11(3)22/h8,13-18H,1-7H3/t13?,14?,15?,16-,17-,18-,20?/m1/s1. The van der Waals surface area contributed by atoms with Gasteiger partial charge in [-0.2, -0.15) is 8.42 Å². The number of fused-ring (bicyclic) bond motifs is 3. The van der Waals surface area contributed by atoms with E-state index in [1.807, 2.05) is 20.8 Å². The Kier molecular flexibility index (Phi) is 5.02. The molecule has 3 saturated carbocycles. The first-order valence-corrected chi connectivity index (χ1v) is 11.4. The molecule has 0 aromatic carbocycles. The average molecular weight is 429 g/mol. The Bertz CT molecular complexity index is 901. The molecule has 4 bridgehead atoms. The van der Waals surface area contributed by atoms with Gasteiger partial charge in [0.15, 0.2) is 11.9 Å². The van der Waals surface area contributed by atoms with Crippen molar-refractivity contribution < 1.29 is 36.5 Å². The van der Waals surface area contributed by atoms with Crippen molar-refractivity contribution >= 4 is 27.8 Å². The van der Waals surface area contributed by atoms with Gasteiger partial charge in [0.25, 0.3) is 10.1 Å².